The Balaban J connectivity index is 2.02. The first-order valence-electron chi connectivity index (χ1n) is 5.91. The fraction of sp³-hybridized carbons (Fsp3) is 0. The number of benzene rings is 1. The lowest BCUT2D eigenvalue weighted by Crippen LogP contribution is -2.09. The molecule has 0 saturated heterocycles. The molecule has 1 N–H and O–H groups in total. The lowest BCUT2D eigenvalue weighted by molar-refractivity contribution is 1.14. The van der Waals surface area contributed by atoms with Gasteiger partial charge in [0.2, 0.25) is 0 Å². The molecule has 4 nitrogen and oxygen atoms in total. The number of para-hydroxylation sites is 1. The lowest BCUT2D eigenvalue weighted by atomic mass is 10.2. The number of aromatic nitrogens is 3. The molecule has 2 aromatic heterocycles. The highest BCUT2D eigenvalue weighted by Gasteiger charge is 2.00. The van der Waals surface area contributed by atoms with E-state index < -0.39 is 0 Å². The maximum atomic E-state index is 11.9. The van der Waals surface area contributed by atoms with Crippen LogP contribution in [0.25, 0.3) is 23.1 Å². The minimum absolute atomic E-state index is 0.133. The average molecular weight is 249 g/mol. The zero-order valence-electron chi connectivity index (χ0n) is 10.1. The summed E-state index contributed by atoms with van der Waals surface area (Å²) in [6.07, 6.45) is 5.28. The van der Waals surface area contributed by atoms with Crippen molar-refractivity contribution < 1.29 is 0 Å². The Morgan fingerprint density at radius 3 is 2.68 bits per heavy atom. The molecule has 0 aliphatic carbocycles. The molecule has 0 fully saturated rings. The van der Waals surface area contributed by atoms with Crippen molar-refractivity contribution in [2.45, 2.75) is 0 Å². The van der Waals surface area contributed by atoms with Crippen LogP contribution in [0.2, 0.25) is 0 Å². The Kier molecular flexibility index (Phi) is 2.90. The van der Waals surface area contributed by atoms with Gasteiger partial charge in [0.15, 0.2) is 0 Å². The molecule has 0 radical (unpaired) electrons. The van der Waals surface area contributed by atoms with Crippen molar-refractivity contribution in [1.82, 2.24) is 15.0 Å². The standard InChI is InChI=1S/C15H11N3O/c19-15-12-6-1-2-7-13(12)17-14(18-15)9-8-11-5-3-4-10-16-11/h1-10H,(H,17,18,19). The van der Waals surface area contributed by atoms with Gasteiger partial charge in [-0.3, -0.25) is 9.78 Å². The first-order chi connectivity index (χ1) is 9.33. The van der Waals surface area contributed by atoms with Gasteiger partial charge in [0, 0.05) is 6.20 Å². The fourth-order valence-corrected chi connectivity index (χ4v) is 1.82. The van der Waals surface area contributed by atoms with Crippen LogP contribution in [0.1, 0.15) is 11.5 Å². The minimum atomic E-state index is -0.133. The molecule has 3 aromatic rings. The third-order valence-corrected chi connectivity index (χ3v) is 2.73. The van der Waals surface area contributed by atoms with Gasteiger partial charge in [-0.1, -0.05) is 18.2 Å². The number of fused-ring (bicyclic) bond motifs is 1. The number of aromatic amines is 1. The van der Waals surface area contributed by atoms with Gasteiger partial charge in [0.05, 0.1) is 16.6 Å². The smallest absolute Gasteiger partial charge is 0.259 e. The maximum absolute atomic E-state index is 11.9. The predicted octanol–water partition coefficient (Wildman–Crippen LogP) is 2.49. The maximum Gasteiger partial charge on any atom is 0.259 e. The first kappa shape index (κ1) is 11.3. The molecule has 2 heterocycles. The number of hydrogen-bond donors (Lipinski definition) is 1. The Hall–Kier alpha value is -2.75. The Morgan fingerprint density at radius 2 is 1.84 bits per heavy atom. The summed E-state index contributed by atoms with van der Waals surface area (Å²) in [7, 11) is 0. The van der Waals surface area contributed by atoms with Crippen molar-refractivity contribution in [2.75, 3.05) is 0 Å². The highest BCUT2D eigenvalue weighted by Crippen LogP contribution is 2.07. The zero-order valence-corrected chi connectivity index (χ0v) is 10.1. The van der Waals surface area contributed by atoms with Crippen LogP contribution in [0.5, 0.6) is 0 Å². The van der Waals surface area contributed by atoms with E-state index in [9.17, 15) is 4.79 Å². The molecule has 1 aromatic carbocycles. The molecule has 0 atom stereocenters. The number of nitrogens with zero attached hydrogens (tertiary/aromatic N) is 2. The minimum Gasteiger partial charge on any atom is -0.306 e. The van der Waals surface area contributed by atoms with E-state index in [0.717, 1.165) is 5.69 Å². The third kappa shape index (κ3) is 2.42. The monoisotopic (exact) mass is 249 g/mol. The summed E-state index contributed by atoms with van der Waals surface area (Å²) in [5, 5.41) is 0.595. The predicted molar refractivity (Wildman–Crippen MR) is 75.5 cm³/mol. The van der Waals surface area contributed by atoms with Gasteiger partial charge in [-0.25, -0.2) is 4.98 Å². The SMILES string of the molecule is O=c1[nH]c(C=Cc2ccccn2)nc2ccccc12. The van der Waals surface area contributed by atoms with Crippen LogP contribution in [-0.4, -0.2) is 15.0 Å². The van der Waals surface area contributed by atoms with Gasteiger partial charge < -0.3 is 4.98 Å². The van der Waals surface area contributed by atoms with Crippen LogP contribution in [0, 0.1) is 0 Å². The molecule has 0 bridgehead atoms. The fourth-order valence-electron chi connectivity index (χ4n) is 1.82. The summed E-state index contributed by atoms with van der Waals surface area (Å²) >= 11 is 0. The van der Waals surface area contributed by atoms with Gasteiger partial charge in [-0.2, -0.15) is 0 Å². The highest BCUT2D eigenvalue weighted by molar-refractivity contribution is 5.78. The summed E-state index contributed by atoms with van der Waals surface area (Å²) in [6, 6.07) is 12.9. The number of rotatable bonds is 2. The van der Waals surface area contributed by atoms with Crippen LogP contribution < -0.4 is 5.56 Å². The number of nitrogens with one attached hydrogen (secondary N) is 1. The Labute approximate surface area is 109 Å². The molecule has 4 heteroatoms. The molecule has 3 rings (SSSR count). The molecule has 0 spiro atoms. The van der Waals surface area contributed by atoms with Crippen molar-refractivity contribution in [3.8, 4) is 0 Å². The molecule has 0 saturated carbocycles. The molecule has 0 amide bonds. The molecule has 92 valence electrons. The van der Waals surface area contributed by atoms with Gasteiger partial charge in [-0.05, 0) is 36.4 Å². The molecular weight excluding hydrogens is 238 g/mol. The largest absolute Gasteiger partial charge is 0.306 e. The van der Waals surface area contributed by atoms with Crippen molar-refractivity contribution in [3.63, 3.8) is 0 Å². The van der Waals surface area contributed by atoms with Gasteiger partial charge in [0.25, 0.3) is 5.56 Å². The van der Waals surface area contributed by atoms with E-state index in [2.05, 4.69) is 15.0 Å². The molecular formula is C15H11N3O. The van der Waals surface area contributed by atoms with E-state index >= 15 is 0 Å². The summed E-state index contributed by atoms with van der Waals surface area (Å²) < 4.78 is 0. The third-order valence-electron chi connectivity index (χ3n) is 2.73. The van der Waals surface area contributed by atoms with E-state index in [1.54, 1.807) is 18.3 Å². The molecule has 19 heavy (non-hydrogen) atoms. The van der Waals surface area contributed by atoms with Crippen LogP contribution >= 0.6 is 0 Å². The van der Waals surface area contributed by atoms with Crippen LogP contribution in [0.15, 0.2) is 53.5 Å². The van der Waals surface area contributed by atoms with E-state index in [-0.39, 0.29) is 5.56 Å². The molecule has 0 aliphatic heterocycles. The normalized spacial score (nSPS) is 11.2. The van der Waals surface area contributed by atoms with Gasteiger partial charge in [-0.15, -0.1) is 0 Å². The Morgan fingerprint density at radius 1 is 1.00 bits per heavy atom. The van der Waals surface area contributed by atoms with Crippen LogP contribution in [0.4, 0.5) is 0 Å². The summed E-state index contributed by atoms with van der Waals surface area (Å²) in [6.45, 7) is 0. The quantitative estimate of drug-likeness (QED) is 0.759. The van der Waals surface area contributed by atoms with Crippen LogP contribution in [-0.2, 0) is 0 Å². The van der Waals surface area contributed by atoms with E-state index in [4.69, 9.17) is 0 Å². The topological polar surface area (TPSA) is 58.6 Å². The zero-order chi connectivity index (χ0) is 13.1. The van der Waals surface area contributed by atoms with Crippen molar-refractivity contribution in [3.05, 3.63) is 70.5 Å². The van der Waals surface area contributed by atoms with E-state index in [1.165, 1.54) is 0 Å². The first-order valence-corrected chi connectivity index (χ1v) is 5.91. The summed E-state index contributed by atoms with van der Waals surface area (Å²) in [5.74, 6) is 0.523. The van der Waals surface area contributed by atoms with Gasteiger partial charge >= 0.3 is 0 Å². The van der Waals surface area contributed by atoms with Crippen LogP contribution in [0.3, 0.4) is 0 Å². The lowest BCUT2D eigenvalue weighted by Gasteiger charge is -1.98. The highest BCUT2D eigenvalue weighted by atomic mass is 16.1. The second-order valence-electron chi connectivity index (χ2n) is 4.06. The summed E-state index contributed by atoms with van der Waals surface area (Å²) in [4.78, 5) is 23.2. The molecule has 0 unspecified atom stereocenters. The Bertz CT molecular complexity index is 791. The summed E-state index contributed by atoms with van der Waals surface area (Å²) in [5.41, 5.74) is 1.37. The van der Waals surface area contributed by atoms with E-state index in [1.807, 2.05) is 42.5 Å². The van der Waals surface area contributed by atoms with E-state index in [0.29, 0.717) is 16.7 Å². The second kappa shape index (κ2) is 4.86. The average Bonchev–Trinajstić information content (AvgIpc) is 2.46. The van der Waals surface area contributed by atoms with Crippen molar-refractivity contribution in [2.24, 2.45) is 0 Å². The van der Waals surface area contributed by atoms with Crippen molar-refractivity contribution in [1.29, 1.82) is 0 Å². The second-order valence-corrected chi connectivity index (χ2v) is 4.06. The van der Waals surface area contributed by atoms with Gasteiger partial charge in [0.1, 0.15) is 5.82 Å². The number of hydrogen-bond acceptors (Lipinski definition) is 3. The molecule has 0 aliphatic rings. The number of H-pyrrole nitrogens is 1. The van der Waals surface area contributed by atoms with Crippen molar-refractivity contribution >= 4 is 23.1 Å². The number of pyridine rings is 1.